The van der Waals surface area contributed by atoms with Gasteiger partial charge in [-0.1, -0.05) is 5.16 Å². The van der Waals surface area contributed by atoms with E-state index in [-0.39, 0.29) is 5.88 Å². The number of pyridine rings is 1. The highest BCUT2D eigenvalue weighted by Gasteiger charge is 2.10. The second-order valence-corrected chi connectivity index (χ2v) is 2.97. The van der Waals surface area contributed by atoms with Crippen molar-refractivity contribution in [3.05, 3.63) is 36.0 Å². The molecular weight excluding hydrogens is 207 g/mol. The van der Waals surface area contributed by atoms with Crippen molar-refractivity contribution in [2.75, 3.05) is 0 Å². The van der Waals surface area contributed by atoms with Crippen molar-refractivity contribution in [3.63, 3.8) is 0 Å². The standard InChI is InChI=1S/C9H6ClFN2O/c10-2-7-4-13-14-9(7)6-1-8(11)5-12-3-6/h1,3-5H,2H2. The second-order valence-electron chi connectivity index (χ2n) is 2.71. The van der Waals surface area contributed by atoms with Crippen LogP contribution in [0.3, 0.4) is 0 Å². The molecule has 0 atom stereocenters. The van der Waals surface area contributed by atoms with Crippen LogP contribution in [0.1, 0.15) is 5.56 Å². The van der Waals surface area contributed by atoms with Crippen LogP contribution in [0, 0.1) is 5.82 Å². The Bertz CT molecular complexity index is 444. The summed E-state index contributed by atoms with van der Waals surface area (Å²) < 4.78 is 17.8. The van der Waals surface area contributed by atoms with Gasteiger partial charge in [-0.3, -0.25) is 4.98 Å². The summed E-state index contributed by atoms with van der Waals surface area (Å²) >= 11 is 5.65. The Morgan fingerprint density at radius 1 is 1.36 bits per heavy atom. The molecule has 0 unspecified atom stereocenters. The molecule has 0 radical (unpaired) electrons. The zero-order valence-corrected chi connectivity index (χ0v) is 7.83. The molecule has 2 rings (SSSR count). The zero-order valence-electron chi connectivity index (χ0n) is 7.08. The van der Waals surface area contributed by atoms with E-state index in [4.69, 9.17) is 16.1 Å². The van der Waals surface area contributed by atoms with Crippen molar-refractivity contribution in [1.29, 1.82) is 0 Å². The number of alkyl halides is 1. The van der Waals surface area contributed by atoms with Crippen LogP contribution in [-0.4, -0.2) is 10.1 Å². The van der Waals surface area contributed by atoms with Crippen LogP contribution in [0.25, 0.3) is 11.3 Å². The summed E-state index contributed by atoms with van der Waals surface area (Å²) in [6, 6.07) is 1.32. The molecule has 0 aromatic carbocycles. The Morgan fingerprint density at radius 3 is 2.93 bits per heavy atom. The maximum atomic E-state index is 12.8. The van der Waals surface area contributed by atoms with Gasteiger partial charge in [0.25, 0.3) is 0 Å². The third-order valence-electron chi connectivity index (χ3n) is 1.76. The molecule has 0 aliphatic rings. The highest BCUT2D eigenvalue weighted by molar-refractivity contribution is 6.17. The number of hydrogen-bond donors (Lipinski definition) is 0. The normalized spacial score (nSPS) is 10.4. The van der Waals surface area contributed by atoms with E-state index in [1.54, 1.807) is 0 Å². The van der Waals surface area contributed by atoms with Crippen LogP contribution < -0.4 is 0 Å². The van der Waals surface area contributed by atoms with Gasteiger partial charge in [0.1, 0.15) is 5.82 Å². The van der Waals surface area contributed by atoms with Gasteiger partial charge in [0.15, 0.2) is 5.76 Å². The van der Waals surface area contributed by atoms with Crippen LogP contribution in [0.2, 0.25) is 0 Å². The van der Waals surface area contributed by atoms with Gasteiger partial charge in [0, 0.05) is 17.3 Å². The number of rotatable bonds is 2. The summed E-state index contributed by atoms with van der Waals surface area (Å²) in [5.74, 6) is 0.321. The van der Waals surface area contributed by atoms with Crippen molar-refractivity contribution < 1.29 is 8.91 Å². The van der Waals surface area contributed by atoms with Gasteiger partial charge in [-0.2, -0.15) is 0 Å². The molecule has 72 valence electrons. The average Bonchev–Trinajstić information content (AvgIpc) is 2.65. The first kappa shape index (κ1) is 9.15. The first-order valence-electron chi connectivity index (χ1n) is 3.91. The predicted octanol–water partition coefficient (Wildman–Crippen LogP) is 2.61. The lowest BCUT2D eigenvalue weighted by Crippen LogP contribution is -1.84. The van der Waals surface area contributed by atoms with Crippen LogP contribution in [0.5, 0.6) is 0 Å². The van der Waals surface area contributed by atoms with Gasteiger partial charge in [-0.15, -0.1) is 11.6 Å². The Morgan fingerprint density at radius 2 is 2.21 bits per heavy atom. The molecule has 0 saturated carbocycles. The van der Waals surface area contributed by atoms with Crippen molar-refractivity contribution in [3.8, 4) is 11.3 Å². The molecule has 0 bridgehead atoms. The van der Waals surface area contributed by atoms with Gasteiger partial charge in [0.2, 0.25) is 0 Å². The lowest BCUT2D eigenvalue weighted by atomic mass is 10.1. The molecule has 0 N–H and O–H groups in total. The third kappa shape index (κ3) is 1.61. The number of nitrogens with zero attached hydrogens (tertiary/aromatic N) is 2. The van der Waals surface area contributed by atoms with E-state index in [2.05, 4.69) is 10.1 Å². The third-order valence-corrected chi connectivity index (χ3v) is 2.04. The van der Waals surface area contributed by atoms with Crippen molar-refractivity contribution in [2.24, 2.45) is 0 Å². The molecule has 5 heteroatoms. The summed E-state index contributed by atoms with van der Waals surface area (Å²) in [5, 5.41) is 3.59. The maximum Gasteiger partial charge on any atom is 0.172 e. The van der Waals surface area contributed by atoms with E-state index >= 15 is 0 Å². The molecular formula is C9H6ClFN2O. The number of aromatic nitrogens is 2. The Hall–Kier alpha value is -1.42. The van der Waals surface area contributed by atoms with Crippen LogP contribution >= 0.6 is 11.6 Å². The predicted molar refractivity (Wildman–Crippen MR) is 49.2 cm³/mol. The minimum atomic E-state index is -0.417. The molecule has 0 amide bonds. The first-order valence-corrected chi connectivity index (χ1v) is 4.45. The Balaban J connectivity index is 2.49. The van der Waals surface area contributed by atoms with E-state index in [0.717, 1.165) is 11.8 Å². The molecule has 0 fully saturated rings. The van der Waals surface area contributed by atoms with Gasteiger partial charge in [-0.25, -0.2) is 4.39 Å². The fourth-order valence-electron chi connectivity index (χ4n) is 1.13. The van der Waals surface area contributed by atoms with E-state index in [1.807, 2.05) is 0 Å². The summed E-state index contributed by atoms with van der Waals surface area (Å²) in [5.41, 5.74) is 1.26. The maximum absolute atomic E-state index is 12.8. The first-order chi connectivity index (χ1) is 6.81. The molecule has 2 aromatic rings. The molecule has 0 spiro atoms. The molecule has 3 nitrogen and oxygen atoms in total. The highest BCUT2D eigenvalue weighted by atomic mass is 35.5. The molecule has 2 heterocycles. The topological polar surface area (TPSA) is 38.9 Å². The quantitative estimate of drug-likeness (QED) is 0.719. The average molecular weight is 213 g/mol. The summed E-state index contributed by atoms with van der Waals surface area (Å²) in [6.07, 6.45) is 4.13. The lowest BCUT2D eigenvalue weighted by molar-refractivity contribution is 0.431. The van der Waals surface area contributed by atoms with E-state index in [0.29, 0.717) is 11.3 Å². The van der Waals surface area contributed by atoms with Crippen molar-refractivity contribution >= 4 is 11.6 Å². The van der Waals surface area contributed by atoms with Gasteiger partial charge in [-0.05, 0) is 6.07 Å². The minimum absolute atomic E-state index is 0.273. The smallest absolute Gasteiger partial charge is 0.172 e. The van der Waals surface area contributed by atoms with Crippen molar-refractivity contribution in [1.82, 2.24) is 10.1 Å². The molecule has 2 aromatic heterocycles. The fourth-order valence-corrected chi connectivity index (χ4v) is 1.32. The largest absolute Gasteiger partial charge is 0.356 e. The summed E-state index contributed by atoms with van der Waals surface area (Å²) in [7, 11) is 0. The number of hydrogen-bond acceptors (Lipinski definition) is 3. The van der Waals surface area contributed by atoms with Crippen LogP contribution in [0.4, 0.5) is 4.39 Å². The zero-order chi connectivity index (χ0) is 9.97. The van der Waals surface area contributed by atoms with E-state index in [9.17, 15) is 4.39 Å². The van der Waals surface area contributed by atoms with Crippen LogP contribution in [-0.2, 0) is 5.88 Å². The van der Waals surface area contributed by atoms with Gasteiger partial charge in [0.05, 0.1) is 18.3 Å². The molecule has 14 heavy (non-hydrogen) atoms. The summed E-state index contributed by atoms with van der Waals surface area (Å²) in [4.78, 5) is 3.71. The molecule has 0 aliphatic heterocycles. The van der Waals surface area contributed by atoms with Crippen molar-refractivity contribution in [2.45, 2.75) is 5.88 Å². The Kier molecular flexibility index (Phi) is 2.45. The van der Waals surface area contributed by atoms with E-state index < -0.39 is 5.82 Å². The van der Waals surface area contributed by atoms with Gasteiger partial charge < -0.3 is 4.52 Å². The molecule has 0 saturated heterocycles. The van der Waals surface area contributed by atoms with Gasteiger partial charge >= 0.3 is 0 Å². The monoisotopic (exact) mass is 212 g/mol. The number of halogens is 2. The SMILES string of the molecule is Fc1cncc(-c2oncc2CCl)c1. The van der Waals surface area contributed by atoms with E-state index in [1.165, 1.54) is 18.5 Å². The molecule has 0 aliphatic carbocycles. The fraction of sp³-hybridized carbons (Fsp3) is 0.111. The Labute approximate surface area is 84.5 Å². The van der Waals surface area contributed by atoms with Crippen LogP contribution in [0.15, 0.2) is 29.2 Å². The highest BCUT2D eigenvalue weighted by Crippen LogP contribution is 2.24. The lowest BCUT2D eigenvalue weighted by Gasteiger charge is -1.96. The second kappa shape index (κ2) is 3.75. The minimum Gasteiger partial charge on any atom is -0.356 e. The summed E-state index contributed by atoms with van der Waals surface area (Å²) in [6.45, 7) is 0.